The third-order valence-corrected chi connectivity index (χ3v) is 3.64. The highest BCUT2D eigenvalue weighted by atomic mass is 35.5. The van der Waals surface area contributed by atoms with Gasteiger partial charge in [-0.1, -0.05) is 25.0 Å². The number of carbonyl (C=O) groups excluding carboxylic acids is 1. The van der Waals surface area contributed by atoms with E-state index in [4.69, 9.17) is 11.6 Å². The van der Waals surface area contributed by atoms with Gasteiger partial charge < -0.3 is 5.32 Å². The summed E-state index contributed by atoms with van der Waals surface area (Å²) < 4.78 is 13.4. The SMILES string of the molecule is O=C(NC1CCCCC1Cl)c1ccccc1F. The number of amides is 1. The summed E-state index contributed by atoms with van der Waals surface area (Å²) in [5, 5.41) is 2.77. The molecule has 2 unspecified atom stereocenters. The molecule has 1 aliphatic carbocycles. The fraction of sp³-hybridized carbons (Fsp3) is 0.462. The zero-order valence-corrected chi connectivity index (χ0v) is 10.2. The lowest BCUT2D eigenvalue weighted by atomic mass is 9.94. The van der Waals surface area contributed by atoms with E-state index in [0.717, 1.165) is 25.7 Å². The Kier molecular flexibility index (Phi) is 4.00. The van der Waals surface area contributed by atoms with Crippen LogP contribution in [0.1, 0.15) is 36.0 Å². The van der Waals surface area contributed by atoms with E-state index in [0.29, 0.717) is 0 Å². The molecule has 1 aliphatic rings. The van der Waals surface area contributed by atoms with Gasteiger partial charge in [0.2, 0.25) is 0 Å². The minimum atomic E-state index is -0.494. The Morgan fingerprint density at radius 1 is 1.29 bits per heavy atom. The van der Waals surface area contributed by atoms with E-state index in [1.54, 1.807) is 12.1 Å². The Morgan fingerprint density at radius 3 is 2.71 bits per heavy atom. The summed E-state index contributed by atoms with van der Waals surface area (Å²) in [5.74, 6) is -0.868. The molecule has 0 heterocycles. The highest BCUT2D eigenvalue weighted by Gasteiger charge is 2.25. The lowest BCUT2D eigenvalue weighted by Gasteiger charge is -2.27. The van der Waals surface area contributed by atoms with Gasteiger partial charge in [-0.2, -0.15) is 0 Å². The molecule has 4 heteroatoms. The van der Waals surface area contributed by atoms with E-state index < -0.39 is 5.82 Å². The fourth-order valence-corrected chi connectivity index (χ4v) is 2.48. The van der Waals surface area contributed by atoms with Crippen LogP contribution in [0, 0.1) is 5.82 Å². The molecule has 1 aromatic carbocycles. The van der Waals surface area contributed by atoms with Crippen LogP contribution in [0.3, 0.4) is 0 Å². The van der Waals surface area contributed by atoms with Gasteiger partial charge in [0.1, 0.15) is 5.82 Å². The van der Waals surface area contributed by atoms with Crippen LogP contribution >= 0.6 is 11.6 Å². The molecule has 17 heavy (non-hydrogen) atoms. The van der Waals surface area contributed by atoms with Crippen molar-refractivity contribution in [1.29, 1.82) is 0 Å². The smallest absolute Gasteiger partial charge is 0.254 e. The molecular weight excluding hydrogens is 241 g/mol. The third-order valence-electron chi connectivity index (χ3n) is 3.12. The van der Waals surface area contributed by atoms with E-state index in [2.05, 4.69) is 5.32 Å². The van der Waals surface area contributed by atoms with Gasteiger partial charge in [0.15, 0.2) is 0 Å². The molecular formula is C13H15ClFNO. The molecule has 0 spiro atoms. The molecule has 2 rings (SSSR count). The zero-order valence-electron chi connectivity index (χ0n) is 9.46. The topological polar surface area (TPSA) is 29.1 Å². The summed E-state index contributed by atoms with van der Waals surface area (Å²) in [6.45, 7) is 0. The highest BCUT2D eigenvalue weighted by Crippen LogP contribution is 2.23. The van der Waals surface area contributed by atoms with Gasteiger partial charge in [0.05, 0.1) is 10.9 Å². The predicted molar refractivity (Wildman–Crippen MR) is 65.8 cm³/mol. The quantitative estimate of drug-likeness (QED) is 0.809. The summed E-state index contributed by atoms with van der Waals surface area (Å²) in [6, 6.07) is 5.94. The van der Waals surface area contributed by atoms with Crippen LogP contribution in [-0.2, 0) is 0 Å². The van der Waals surface area contributed by atoms with Crippen LogP contribution in [0.25, 0.3) is 0 Å². The Labute approximate surface area is 105 Å². The standard InChI is InChI=1S/C13H15ClFNO/c14-10-6-2-4-8-12(10)16-13(17)9-5-1-3-7-11(9)15/h1,3,5,7,10,12H,2,4,6,8H2,(H,16,17). The Hall–Kier alpha value is -1.09. The molecule has 0 saturated heterocycles. The number of alkyl halides is 1. The molecule has 2 atom stereocenters. The van der Waals surface area contributed by atoms with Crippen molar-refractivity contribution in [3.8, 4) is 0 Å². The van der Waals surface area contributed by atoms with Crippen molar-refractivity contribution in [1.82, 2.24) is 5.32 Å². The Balaban J connectivity index is 2.04. The lowest BCUT2D eigenvalue weighted by Crippen LogP contribution is -2.43. The minimum Gasteiger partial charge on any atom is -0.348 e. The van der Waals surface area contributed by atoms with Crippen molar-refractivity contribution in [3.05, 3.63) is 35.6 Å². The number of halogens is 2. The minimum absolute atomic E-state index is 0.0422. The summed E-state index contributed by atoms with van der Waals surface area (Å²) in [5.41, 5.74) is 0.0851. The number of carbonyl (C=O) groups is 1. The van der Waals surface area contributed by atoms with Crippen LogP contribution in [0.2, 0.25) is 0 Å². The van der Waals surface area contributed by atoms with Gasteiger partial charge in [-0.05, 0) is 25.0 Å². The Bertz CT molecular complexity index is 410. The number of hydrogen-bond acceptors (Lipinski definition) is 1. The summed E-state index contributed by atoms with van der Waals surface area (Å²) in [7, 11) is 0. The van der Waals surface area contributed by atoms with Crippen molar-refractivity contribution in [2.45, 2.75) is 37.1 Å². The van der Waals surface area contributed by atoms with Crippen molar-refractivity contribution >= 4 is 17.5 Å². The number of hydrogen-bond donors (Lipinski definition) is 1. The second kappa shape index (κ2) is 5.50. The second-order valence-electron chi connectivity index (χ2n) is 4.36. The molecule has 0 radical (unpaired) electrons. The molecule has 0 aromatic heterocycles. The zero-order chi connectivity index (χ0) is 12.3. The summed E-state index contributed by atoms with van der Waals surface area (Å²) in [6.07, 6.45) is 3.93. The number of nitrogens with one attached hydrogen (secondary N) is 1. The van der Waals surface area contributed by atoms with Crippen LogP contribution in [0.5, 0.6) is 0 Å². The van der Waals surface area contributed by atoms with Gasteiger partial charge in [-0.15, -0.1) is 11.6 Å². The van der Waals surface area contributed by atoms with Crippen LogP contribution in [0.15, 0.2) is 24.3 Å². The van der Waals surface area contributed by atoms with E-state index in [1.165, 1.54) is 12.1 Å². The molecule has 2 nitrogen and oxygen atoms in total. The highest BCUT2D eigenvalue weighted by molar-refractivity contribution is 6.21. The average molecular weight is 256 g/mol. The van der Waals surface area contributed by atoms with E-state index >= 15 is 0 Å². The Morgan fingerprint density at radius 2 is 2.00 bits per heavy atom. The fourth-order valence-electron chi connectivity index (χ4n) is 2.14. The monoisotopic (exact) mass is 255 g/mol. The van der Waals surface area contributed by atoms with E-state index in [1.807, 2.05) is 0 Å². The molecule has 92 valence electrons. The van der Waals surface area contributed by atoms with Crippen molar-refractivity contribution in [2.24, 2.45) is 0 Å². The van der Waals surface area contributed by atoms with Gasteiger partial charge in [-0.3, -0.25) is 4.79 Å². The maximum absolute atomic E-state index is 13.4. The van der Waals surface area contributed by atoms with Crippen LogP contribution in [0.4, 0.5) is 4.39 Å². The van der Waals surface area contributed by atoms with Gasteiger partial charge in [0.25, 0.3) is 5.91 Å². The maximum Gasteiger partial charge on any atom is 0.254 e. The molecule has 1 fully saturated rings. The van der Waals surface area contributed by atoms with Gasteiger partial charge in [-0.25, -0.2) is 4.39 Å². The van der Waals surface area contributed by atoms with Crippen LogP contribution in [-0.4, -0.2) is 17.3 Å². The van der Waals surface area contributed by atoms with Gasteiger partial charge >= 0.3 is 0 Å². The lowest BCUT2D eigenvalue weighted by molar-refractivity contribution is 0.0924. The number of benzene rings is 1. The average Bonchev–Trinajstić information content (AvgIpc) is 2.32. The predicted octanol–water partition coefficient (Wildman–Crippen LogP) is 3.11. The first kappa shape index (κ1) is 12.4. The first-order chi connectivity index (χ1) is 8.18. The first-order valence-corrected chi connectivity index (χ1v) is 6.31. The third kappa shape index (κ3) is 2.97. The largest absolute Gasteiger partial charge is 0.348 e. The van der Waals surface area contributed by atoms with Gasteiger partial charge in [0, 0.05) is 6.04 Å². The molecule has 1 aromatic rings. The molecule has 0 aliphatic heterocycles. The first-order valence-electron chi connectivity index (χ1n) is 5.88. The molecule has 1 saturated carbocycles. The van der Waals surface area contributed by atoms with Crippen molar-refractivity contribution in [2.75, 3.05) is 0 Å². The normalized spacial score (nSPS) is 24.4. The number of rotatable bonds is 2. The van der Waals surface area contributed by atoms with Crippen LogP contribution < -0.4 is 5.32 Å². The maximum atomic E-state index is 13.4. The molecule has 0 bridgehead atoms. The van der Waals surface area contributed by atoms with Crippen molar-refractivity contribution < 1.29 is 9.18 Å². The summed E-state index contributed by atoms with van der Waals surface area (Å²) >= 11 is 6.15. The van der Waals surface area contributed by atoms with E-state index in [-0.39, 0.29) is 22.9 Å². The summed E-state index contributed by atoms with van der Waals surface area (Å²) in [4.78, 5) is 11.9. The van der Waals surface area contributed by atoms with E-state index in [9.17, 15) is 9.18 Å². The molecule has 1 amide bonds. The molecule has 1 N–H and O–H groups in total. The van der Waals surface area contributed by atoms with Crippen molar-refractivity contribution in [3.63, 3.8) is 0 Å². The second-order valence-corrected chi connectivity index (χ2v) is 4.92.